The lowest BCUT2D eigenvalue weighted by atomic mass is 9.92. The number of rotatable bonds is 2. The monoisotopic (exact) mass is 196 g/mol. The number of esters is 1. The van der Waals surface area contributed by atoms with Crippen LogP contribution in [0.25, 0.3) is 0 Å². The molecule has 1 atom stereocenters. The number of aldehydes is 1. The van der Waals surface area contributed by atoms with E-state index in [1.807, 2.05) is 0 Å². The highest BCUT2D eigenvalue weighted by Gasteiger charge is 2.21. The summed E-state index contributed by atoms with van der Waals surface area (Å²) in [5.41, 5.74) is 0.348. The van der Waals surface area contributed by atoms with Gasteiger partial charge in [-0.05, 0) is 5.92 Å². The fourth-order valence-electron chi connectivity index (χ4n) is 1.39. The highest BCUT2D eigenvalue weighted by atomic mass is 16.5. The van der Waals surface area contributed by atoms with Crippen molar-refractivity contribution in [3.8, 4) is 0 Å². The van der Waals surface area contributed by atoms with Crippen molar-refractivity contribution >= 4 is 12.3 Å². The first kappa shape index (κ1) is 10.5. The van der Waals surface area contributed by atoms with Gasteiger partial charge in [-0.3, -0.25) is 9.59 Å². The van der Waals surface area contributed by atoms with Gasteiger partial charge >= 0.3 is 5.97 Å². The van der Waals surface area contributed by atoms with E-state index in [0.717, 1.165) is 0 Å². The van der Waals surface area contributed by atoms with Crippen molar-refractivity contribution in [1.82, 2.24) is 0 Å². The van der Waals surface area contributed by atoms with Crippen LogP contribution in [0.15, 0.2) is 23.2 Å². The number of hydrogen-bond donors (Lipinski definition) is 1. The third kappa shape index (κ3) is 2.22. The Morgan fingerprint density at radius 1 is 1.71 bits per heavy atom. The van der Waals surface area contributed by atoms with Crippen molar-refractivity contribution < 1.29 is 19.4 Å². The first-order valence-corrected chi connectivity index (χ1v) is 4.32. The summed E-state index contributed by atoms with van der Waals surface area (Å²) in [7, 11) is 0. The van der Waals surface area contributed by atoms with Gasteiger partial charge in [0.05, 0.1) is 0 Å². The number of carbonyl (C=O) groups is 2. The maximum absolute atomic E-state index is 10.6. The van der Waals surface area contributed by atoms with E-state index in [4.69, 9.17) is 4.74 Å². The summed E-state index contributed by atoms with van der Waals surface area (Å²) in [6, 6.07) is 0. The van der Waals surface area contributed by atoms with Gasteiger partial charge in [0.25, 0.3) is 0 Å². The highest BCUT2D eigenvalue weighted by Crippen LogP contribution is 2.27. The molecule has 0 aromatic carbocycles. The third-order valence-corrected chi connectivity index (χ3v) is 2.03. The molecule has 0 saturated carbocycles. The molecule has 1 rings (SSSR count). The van der Waals surface area contributed by atoms with Crippen LogP contribution in [0.3, 0.4) is 0 Å². The van der Waals surface area contributed by atoms with Crippen LogP contribution in [0.2, 0.25) is 0 Å². The SMILES string of the molecule is CC(=O)OC1=CC(O)=C(C=O)[C@H](C)C1. The molecule has 0 aliphatic heterocycles. The van der Waals surface area contributed by atoms with Crippen LogP contribution in [0.5, 0.6) is 0 Å². The Hall–Kier alpha value is -1.58. The summed E-state index contributed by atoms with van der Waals surface area (Å²) >= 11 is 0. The quantitative estimate of drug-likeness (QED) is 0.536. The zero-order chi connectivity index (χ0) is 10.7. The first-order chi connectivity index (χ1) is 6.54. The van der Waals surface area contributed by atoms with Crippen LogP contribution >= 0.6 is 0 Å². The fraction of sp³-hybridized carbons (Fsp3) is 0.400. The molecule has 0 amide bonds. The lowest BCUT2D eigenvalue weighted by Crippen LogP contribution is -2.13. The molecule has 0 heterocycles. The number of ether oxygens (including phenoxy) is 1. The molecule has 4 heteroatoms. The summed E-state index contributed by atoms with van der Waals surface area (Å²) < 4.78 is 4.84. The summed E-state index contributed by atoms with van der Waals surface area (Å²) in [4.78, 5) is 21.2. The number of carbonyl (C=O) groups excluding carboxylic acids is 2. The van der Waals surface area contributed by atoms with Gasteiger partial charge in [0.1, 0.15) is 17.8 Å². The van der Waals surface area contributed by atoms with E-state index in [-0.39, 0.29) is 11.7 Å². The molecule has 0 spiro atoms. The molecule has 0 radical (unpaired) electrons. The second-order valence-corrected chi connectivity index (χ2v) is 3.27. The summed E-state index contributed by atoms with van der Waals surface area (Å²) in [5, 5.41) is 9.40. The third-order valence-electron chi connectivity index (χ3n) is 2.03. The van der Waals surface area contributed by atoms with E-state index in [9.17, 15) is 14.7 Å². The van der Waals surface area contributed by atoms with Gasteiger partial charge in [0.15, 0.2) is 0 Å². The minimum Gasteiger partial charge on any atom is -0.507 e. The molecule has 0 aromatic rings. The number of aliphatic hydroxyl groups is 1. The van der Waals surface area contributed by atoms with Crippen molar-refractivity contribution in [2.45, 2.75) is 20.3 Å². The predicted molar refractivity (Wildman–Crippen MR) is 49.3 cm³/mol. The second-order valence-electron chi connectivity index (χ2n) is 3.27. The Kier molecular flexibility index (Phi) is 3.06. The first-order valence-electron chi connectivity index (χ1n) is 4.32. The molecule has 76 valence electrons. The van der Waals surface area contributed by atoms with Gasteiger partial charge in [-0.25, -0.2) is 0 Å². The van der Waals surface area contributed by atoms with Crippen LogP contribution in [-0.4, -0.2) is 17.4 Å². The van der Waals surface area contributed by atoms with Crippen molar-refractivity contribution in [3.63, 3.8) is 0 Å². The molecule has 14 heavy (non-hydrogen) atoms. The Bertz CT molecular complexity index is 325. The lowest BCUT2D eigenvalue weighted by molar-refractivity contribution is -0.137. The number of hydrogen-bond acceptors (Lipinski definition) is 4. The summed E-state index contributed by atoms with van der Waals surface area (Å²) in [5.74, 6) is -0.263. The molecule has 4 nitrogen and oxygen atoms in total. The summed E-state index contributed by atoms with van der Waals surface area (Å²) in [6.45, 7) is 3.08. The molecule has 1 aliphatic rings. The van der Waals surface area contributed by atoms with Crippen molar-refractivity contribution in [2.24, 2.45) is 5.92 Å². The van der Waals surface area contributed by atoms with Crippen LogP contribution in [-0.2, 0) is 14.3 Å². The molecule has 0 aromatic heterocycles. The largest absolute Gasteiger partial charge is 0.507 e. The van der Waals surface area contributed by atoms with Gasteiger partial charge in [0, 0.05) is 25.0 Å². The van der Waals surface area contributed by atoms with E-state index in [2.05, 4.69) is 0 Å². The van der Waals surface area contributed by atoms with Crippen LogP contribution in [0.4, 0.5) is 0 Å². The van der Waals surface area contributed by atoms with E-state index in [1.54, 1.807) is 6.92 Å². The maximum atomic E-state index is 10.6. The standard InChI is InChI=1S/C10H12O4/c1-6-3-8(14-7(2)12)4-10(13)9(6)5-11/h4-6,13H,3H2,1-2H3/t6-/m1/s1. The van der Waals surface area contributed by atoms with Gasteiger partial charge in [-0.15, -0.1) is 0 Å². The van der Waals surface area contributed by atoms with E-state index in [1.165, 1.54) is 13.0 Å². The van der Waals surface area contributed by atoms with E-state index in [0.29, 0.717) is 24.0 Å². The minimum atomic E-state index is -0.425. The molecule has 0 saturated heterocycles. The van der Waals surface area contributed by atoms with Crippen LogP contribution < -0.4 is 0 Å². The van der Waals surface area contributed by atoms with E-state index >= 15 is 0 Å². The zero-order valence-electron chi connectivity index (χ0n) is 8.11. The van der Waals surface area contributed by atoms with Gasteiger partial charge in [0.2, 0.25) is 0 Å². The average Bonchev–Trinajstić information content (AvgIpc) is 2.01. The average molecular weight is 196 g/mol. The van der Waals surface area contributed by atoms with Crippen molar-refractivity contribution in [3.05, 3.63) is 23.2 Å². The zero-order valence-corrected chi connectivity index (χ0v) is 8.11. The highest BCUT2D eigenvalue weighted by molar-refractivity contribution is 5.76. The van der Waals surface area contributed by atoms with Gasteiger partial charge in [-0.1, -0.05) is 6.92 Å². The molecular formula is C10H12O4. The molecule has 0 unspecified atom stereocenters. The smallest absolute Gasteiger partial charge is 0.307 e. The van der Waals surface area contributed by atoms with Crippen molar-refractivity contribution in [2.75, 3.05) is 0 Å². The predicted octanol–water partition coefficient (Wildman–Crippen LogP) is 1.48. The second kappa shape index (κ2) is 4.09. The Morgan fingerprint density at radius 2 is 2.36 bits per heavy atom. The van der Waals surface area contributed by atoms with Gasteiger partial charge < -0.3 is 9.84 Å². The van der Waals surface area contributed by atoms with Crippen molar-refractivity contribution in [1.29, 1.82) is 0 Å². The normalized spacial score (nSPS) is 21.6. The molecule has 0 bridgehead atoms. The van der Waals surface area contributed by atoms with Crippen LogP contribution in [0.1, 0.15) is 20.3 Å². The Morgan fingerprint density at radius 3 is 2.79 bits per heavy atom. The van der Waals surface area contributed by atoms with E-state index < -0.39 is 5.97 Å². The maximum Gasteiger partial charge on any atom is 0.307 e. The molecule has 1 aliphatic carbocycles. The number of aliphatic hydroxyl groups excluding tert-OH is 1. The Labute approximate surface area is 81.9 Å². The minimum absolute atomic E-state index is 0.116. The van der Waals surface area contributed by atoms with Gasteiger partial charge in [-0.2, -0.15) is 0 Å². The Balaban J connectivity index is 2.90. The molecular weight excluding hydrogens is 184 g/mol. The van der Waals surface area contributed by atoms with Crippen LogP contribution in [0, 0.1) is 5.92 Å². The summed E-state index contributed by atoms with van der Waals surface area (Å²) in [6.07, 6.45) is 2.39. The molecule has 1 N–H and O–H groups in total. The molecule has 0 fully saturated rings. The lowest BCUT2D eigenvalue weighted by Gasteiger charge is -2.18. The number of allylic oxidation sites excluding steroid dienone is 3. The fourth-order valence-corrected chi connectivity index (χ4v) is 1.39. The topological polar surface area (TPSA) is 63.6 Å².